The third-order valence-electron chi connectivity index (χ3n) is 2.58. The molecule has 1 rings (SSSR count). The summed E-state index contributed by atoms with van der Waals surface area (Å²) in [5.41, 5.74) is 0.887. The van der Waals surface area contributed by atoms with E-state index in [9.17, 15) is 10.2 Å². The Morgan fingerprint density at radius 2 is 1.88 bits per heavy atom. The second-order valence-corrected chi connectivity index (χ2v) is 5.40. The second kappa shape index (κ2) is 4.98. The molecule has 0 radical (unpaired) electrons. The molecule has 90 valence electrons. The first-order chi connectivity index (χ1) is 7.30. The SMILES string of the molecule is CC(C)Cc1cccc(C(O)C(C)(C)O)c1. The number of aliphatic hydroxyl groups is 2. The molecular weight excluding hydrogens is 200 g/mol. The van der Waals surface area contributed by atoms with Crippen molar-refractivity contribution >= 4 is 0 Å². The summed E-state index contributed by atoms with van der Waals surface area (Å²) in [4.78, 5) is 0. The molecule has 2 nitrogen and oxygen atoms in total. The molecule has 0 aromatic heterocycles. The molecule has 0 bridgehead atoms. The number of benzene rings is 1. The zero-order chi connectivity index (χ0) is 12.3. The lowest BCUT2D eigenvalue weighted by Crippen LogP contribution is -2.28. The van der Waals surface area contributed by atoms with Gasteiger partial charge in [-0.2, -0.15) is 0 Å². The smallest absolute Gasteiger partial charge is 0.107 e. The highest BCUT2D eigenvalue weighted by molar-refractivity contribution is 5.26. The van der Waals surface area contributed by atoms with E-state index in [-0.39, 0.29) is 0 Å². The van der Waals surface area contributed by atoms with Crippen LogP contribution < -0.4 is 0 Å². The van der Waals surface area contributed by atoms with Crippen LogP contribution in [0.25, 0.3) is 0 Å². The lowest BCUT2D eigenvalue weighted by molar-refractivity contribution is -0.0497. The van der Waals surface area contributed by atoms with Crippen LogP contribution in [-0.4, -0.2) is 15.8 Å². The Balaban J connectivity index is 2.90. The molecule has 0 heterocycles. The predicted molar refractivity (Wildman–Crippen MR) is 66.2 cm³/mol. The van der Waals surface area contributed by atoms with Gasteiger partial charge in [0.2, 0.25) is 0 Å². The van der Waals surface area contributed by atoms with Gasteiger partial charge < -0.3 is 10.2 Å². The molecule has 0 fully saturated rings. The van der Waals surface area contributed by atoms with Gasteiger partial charge in [0.1, 0.15) is 6.10 Å². The molecule has 1 atom stereocenters. The summed E-state index contributed by atoms with van der Waals surface area (Å²) >= 11 is 0. The summed E-state index contributed by atoms with van der Waals surface area (Å²) in [6.07, 6.45) is 0.159. The fourth-order valence-electron chi connectivity index (χ4n) is 1.77. The number of hydrogen-bond donors (Lipinski definition) is 2. The van der Waals surface area contributed by atoms with Crippen molar-refractivity contribution in [2.75, 3.05) is 0 Å². The first kappa shape index (κ1) is 13.2. The van der Waals surface area contributed by atoms with E-state index in [0.717, 1.165) is 12.0 Å². The van der Waals surface area contributed by atoms with Crippen LogP contribution in [0.1, 0.15) is 44.9 Å². The molecule has 0 aliphatic rings. The van der Waals surface area contributed by atoms with E-state index in [0.29, 0.717) is 5.92 Å². The zero-order valence-electron chi connectivity index (χ0n) is 10.6. The largest absolute Gasteiger partial charge is 0.387 e. The highest BCUT2D eigenvalue weighted by Gasteiger charge is 2.25. The van der Waals surface area contributed by atoms with Crippen LogP contribution in [0.2, 0.25) is 0 Å². The molecule has 2 N–H and O–H groups in total. The Kier molecular flexibility index (Phi) is 4.11. The monoisotopic (exact) mass is 222 g/mol. The maximum atomic E-state index is 9.97. The molecule has 16 heavy (non-hydrogen) atoms. The van der Waals surface area contributed by atoms with Crippen LogP contribution in [0.5, 0.6) is 0 Å². The summed E-state index contributed by atoms with van der Waals surface area (Å²) < 4.78 is 0. The summed E-state index contributed by atoms with van der Waals surface area (Å²) in [7, 11) is 0. The summed E-state index contributed by atoms with van der Waals surface area (Å²) in [6, 6.07) is 7.82. The van der Waals surface area contributed by atoms with Gasteiger partial charge in [0, 0.05) is 0 Å². The quantitative estimate of drug-likeness (QED) is 0.822. The van der Waals surface area contributed by atoms with Gasteiger partial charge in [0.15, 0.2) is 0 Å². The first-order valence-electron chi connectivity index (χ1n) is 5.80. The third kappa shape index (κ3) is 3.62. The fraction of sp³-hybridized carbons (Fsp3) is 0.571. The topological polar surface area (TPSA) is 40.5 Å². The van der Waals surface area contributed by atoms with Gasteiger partial charge in [-0.25, -0.2) is 0 Å². The van der Waals surface area contributed by atoms with E-state index in [1.165, 1.54) is 5.56 Å². The van der Waals surface area contributed by atoms with Gasteiger partial charge in [0.05, 0.1) is 5.60 Å². The Morgan fingerprint density at radius 1 is 1.25 bits per heavy atom. The third-order valence-corrected chi connectivity index (χ3v) is 2.58. The fourth-order valence-corrected chi connectivity index (χ4v) is 1.77. The van der Waals surface area contributed by atoms with Crippen LogP contribution in [0.3, 0.4) is 0 Å². The van der Waals surface area contributed by atoms with Crippen LogP contribution in [0.15, 0.2) is 24.3 Å². The highest BCUT2D eigenvalue weighted by Crippen LogP contribution is 2.26. The van der Waals surface area contributed by atoms with Crippen molar-refractivity contribution in [2.45, 2.75) is 45.8 Å². The van der Waals surface area contributed by atoms with E-state index in [4.69, 9.17) is 0 Å². The van der Waals surface area contributed by atoms with E-state index >= 15 is 0 Å². The van der Waals surface area contributed by atoms with Crippen molar-refractivity contribution in [3.63, 3.8) is 0 Å². The minimum atomic E-state index is -1.10. The van der Waals surface area contributed by atoms with Crippen LogP contribution >= 0.6 is 0 Å². The van der Waals surface area contributed by atoms with Gasteiger partial charge in [-0.15, -0.1) is 0 Å². The minimum absolute atomic E-state index is 0.592. The van der Waals surface area contributed by atoms with Gasteiger partial charge >= 0.3 is 0 Å². The lowest BCUT2D eigenvalue weighted by atomic mass is 9.92. The molecule has 0 spiro atoms. The molecule has 1 aromatic rings. The average molecular weight is 222 g/mol. The maximum absolute atomic E-state index is 9.97. The summed E-state index contributed by atoms with van der Waals surface area (Å²) in [5.74, 6) is 0.592. The molecule has 0 aliphatic carbocycles. The molecule has 1 aromatic carbocycles. The lowest BCUT2D eigenvalue weighted by Gasteiger charge is -2.25. The number of hydrogen-bond acceptors (Lipinski definition) is 2. The van der Waals surface area contributed by atoms with E-state index in [2.05, 4.69) is 19.9 Å². The Morgan fingerprint density at radius 3 is 2.38 bits per heavy atom. The van der Waals surface area contributed by atoms with Crippen molar-refractivity contribution in [2.24, 2.45) is 5.92 Å². The molecule has 0 saturated heterocycles. The molecule has 0 amide bonds. The van der Waals surface area contributed by atoms with E-state index in [1.807, 2.05) is 18.2 Å². The van der Waals surface area contributed by atoms with Gasteiger partial charge in [-0.1, -0.05) is 38.1 Å². The van der Waals surface area contributed by atoms with Gasteiger partial charge in [-0.3, -0.25) is 0 Å². The number of aliphatic hydroxyl groups excluding tert-OH is 1. The van der Waals surface area contributed by atoms with E-state index < -0.39 is 11.7 Å². The highest BCUT2D eigenvalue weighted by atomic mass is 16.3. The Labute approximate surface area is 97.9 Å². The van der Waals surface area contributed by atoms with Gasteiger partial charge in [0.25, 0.3) is 0 Å². The van der Waals surface area contributed by atoms with Crippen molar-refractivity contribution in [1.82, 2.24) is 0 Å². The number of rotatable bonds is 4. The minimum Gasteiger partial charge on any atom is -0.387 e. The normalized spacial score (nSPS) is 14.2. The van der Waals surface area contributed by atoms with Crippen LogP contribution in [-0.2, 0) is 6.42 Å². The van der Waals surface area contributed by atoms with Crippen LogP contribution in [0.4, 0.5) is 0 Å². The predicted octanol–water partition coefficient (Wildman–Crippen LogP) is 2.69. The summed E-state index contributed by atoms with van der Waals surface area (Å²) in [6.45, 7) is 7.57. The van der Waals surface area contributed by atoms with Crippen molar-refractivity contribution in [3.05, 3.63) is 35.4 Å². The maximum Gasteiger partial charge on any atom is 0.107 e. The second-order valence-electron chi connectivity index (χ2n) is 5.40. The molecule has 2 heteroatoms. The molecule has 0 saturated carbocycles. The van der Waals surface area contributed by atoms with Crippen molar-refractivity contribution in [3.8, 4) is 0 Å². The summed E-state index contributed by atoms with van der Waals surface area (Å²) in [5, 5.41) is 19.7. The molecule has 1 unspecified atom stereocenters. The Bertz CT molecular complexity index is 337. The van der Waals surface area contributed by atoms with E-state index in [1.54, 1.807) is 13.8 Å². The van der Waals surface area contributed by atoms with Crippen molar-refractivity contribution < 1.29 is 10.2 Å². The molecule has 0 aliphatic heterocycles. The standard InChI is InChI=1S/C14H22O2/c1-10(2)8-11-6-5-7-12(9-11)13(15)14(3,4)16/h5-7,9-10,13,15-16H,8H2,1-4H3. The van der Waals surface area contributed by atoms with Gasteiger partial charge in [-0.05, 0) is 37.3 Å². The Hall–Kier alpha value is -0.860. The molecular formula is C14H22O2. The first-order valence-corrected chi connectivity index (χ1v) is 5.80. The average Bonchev–Trinajstić information content (AvgIpc) is 2.14. The van der Waals surface area contributed by atoms with Crippen LogP contribution in [0, 0.1) is 5.92 Å². The van der Waals surface area contributed by atoms with Crippen molar-refractivity contribution in [1.29, 1.82) is 0 Å². The zero-order valence-corrected chi connectivity index (χ0v) is 10.6.